The zero-order valence-corrected chi connectivity index (χ0v) is 14.8. The molecule has 25 heavy (non-hydrogen) atoms. The van der Waals surface area contributed by atoms with Crippen LogP contribution in [0.25, 0.3) is 10.9 Å². The Morgan fingerprint density at radius 2 is 2.08 bits per heavy atom. The summed E-state index contributed by atoms with van der Waals surface area (Å²) in [5, 5.41) is 0.910. The Hall–Kier alpha value is -2.18. The van der Waals surface area contributed by atoms with Crippen molar-refractivity contribution in [3.63, 3.8) is 0 Å². The lowest BCUT2D eigenvalue weighted by Gasteiger charge is -2.17. The van der Waals surface area contributed by atoms with E-state index in [-0.39, 0.29) is 24.4 Å². The molecule has 1 heterocycles. The van der Waals surface area contributed by atoms with Crippen molar-refractivity contribution in [2.45, 2.75) is 38.9 Å². The number of carbonyl (C=O) groups excluding carboxylic acids is 1. The van der Waals surface area contributed by atoms with Gasteiger partial charge in [0.2, 0.25) is 0 Å². The average Bonchev–Trinajstić information content (AvgIpc) is 3.08. The summed E-state index contributed by atoms with van der Waals surface area (Å²) in [7, 11) is 3.08. The first-order valence-corrected chi connectivity index (χ1v) is 8.41. The molecular formula is C19H23NO5. The molecule has 0 aliphatic heterocycles. The first-order chi connectivity index (χ1) is 12.1. The van der Waals surface area contributed by atoms with Crippen LogP contribution in [0.1, 0.15) is 31.9 Å². The minimum absolute atomic E-state index is 0.0396. The molecule has 0 N–H and O–H groups in total. The number of benzene rings is 1. The van der Waals surface area contributed by atoms with Gasteiger partial charge in [-0.25, -0.2) is 14.8 Å². The third kappa shape index (κ3) is 4.08. The molecule has 6 nitrogen and oxygen atoms in total. The number of hydrogen-bond donors (Lipinski definition) is 0. The Labute approximate surface area is 147 Å². The average molecular weight is 345 g/mol. The standard InChI is InChI=1S/C19H23NO5/c1-12(21)13-4-5-16(8-13)25-19-9-14(11-24-23-3)20-18-10-15(22-2)6-7-17(18)19/h6-7,9-10,13,16H,4-5,8,11H2,1-3H3. The second kappa shape index (κ2) is 7.80. The van der Waals surface area contributed by atoms with Crippen LogP contribution < -0.4 is 9.47 Å². The molecule has 134 valence electrons. The van der Waals surface area contributed by atoms with Gasteiger partial charge in [0.05, 0.1) is 31.5 Å². The van der Waals surface area contributed by atoms with Gasteiger partial charge < -0.3 is 9.47 Å². The summed E-state index contributed by atoms with van der Waals surface area (Å²) in [5.74, 6) is 1.82. The summed E-state index contributed by atoms with van der Waals surface area (Å²) >= 11 is 0. The van der Waals surface area contributed by atoms with Crippen molar-refractivity contribution >= 4 is 16.7 Å². The second-order valence-electron chi connectivity index (χ2n) is 6.28. The van der Waals surface area contributed by atoms with Crippen molar-refractivity contribution in [1.29, 1.82) is 0 Å². The SMILES string of the molecule is COOCc1cc(OC2CCC(C(C)=O)C2)c2ccc(OC)cc2n1. The van der Waals surface area contributed by atoms with Gasteiger partial charge in [0.15, 0.2) is 0 Å². The number of nitrogens with zero attached hydrogens (tertiary/aromatic N) is 1. The van der Waals surface area contributed by atoms with Gasteiger partial charge in [0.25, 0.3) is 0 Å². The molecule has 0 radical (unpaired) electrons. The number of ketones is 1. The summed E-state index contributed by atoms with van der Waals surface area (Å²) in [6.07, 6.45) is 2.57. The molecule has 1 aliphatic rings. The van der Waals surface area contributed by atoms with Crippen LogP contribution in [0.3, 0.4) is 0 Å². The molecule has 2 aromatic rings. The molecule has 0 bridgehead atoms. The number of hydrogen-bond acceptors (Lipinski definition) is 6. The Kier molecular flexibility index (Phi) is 5.50. The van der Waals surface area contributed by atoms with E-state index in [4.69, 9.17) is 14.4 Å². The molecule has 0 saturated heterocycles. The zero-order valence-electron chi connectivity index (χ0n) is 14.8. The van der Waals surface area contributed by atoms with Crippen LogP contribution in [0.4, 0.5) is 0 Å². The number of ether oxygens (including phenoxy) is 2. The smallest absolute Gasteiger partial charge is 0.133 e. The van der Waals surface area contributed by atoms with Crippen molar-refractivity contribution in [2.75, 3.05) is 14.2 Å². The van der Waals surface area contributed by atoms with Gasteiger partial charge in [-0.15, -0.1) is 0 Å². The molecule has 6 heteroatoms. The lowest BCUT2D eigenvalue weighted by atomic mass is 10.0. The van der Waals surface area contributed by atoms with Crippen LogP contribution in [-0.4, -0.2) is 31.1 Å². The van der Waals surface area contributed by atoms with Crippen LogP contribution >= 0.6 is 0 Å². The Morgan fingerprint density at radius 3 is 2.76 bits per heavy atom. The highest BCUT2D eigenvalue weighted by atomic mass is 17.2. The molecule has 1 aromatic carbocycles. The maximum absolute atomic E-state index is 11.6. The largest absolute Gasteiger partial charge is 0.497 e. The normalized spacial score (nSPS) is 20.0. The minimum atomic E-state index is 0.0396. The lowest BCUT2D eigenvalue weighted by Crippen LogP contribution is -2.15. The number of rotatable bonds is 7. The minimum Gasteiger partial charge on any atom is -0.497 e. The van der Waals surface area contributed by atoms with E-state index in [0.717, 1.165) is 41.7 Å². The van der Waals surface area contributed by atoms with E-state index in [1.54, 1.807) is 14.0 Å². The molecule has 2 unspecified atom stereocenters. The second-order valence-corrected chi connectivity index (χ2v) is 6.28. The van der Waals surface area contributed by atoms with Gasteiger partial charge in [-0.05, 0) is 38.3 Å². The van der Waals surface area contributed by atoms with Crippen molar-refractivity contribution in [3.8, 4) is 11.5 Å². The molecular weight excluding hydrogens is 322 g/mol. The molecule has 1 fully saturated rings. The Bertz CT molecular complexity index is 761. The highest BCUT2D eigenvalue weighted by molar-refractivity contribution is 5.86. The fourth-order valence-corrected chi connectivity index (χ4v) is 3.24. The van der Waals surface area contributed by atoms with Gasteiger partial charge in [0, 0.05) is 23.4 Å². The summed E-state index contributed by atoms with van der Waals surface area (Å²) in [5.41, 5.74) is 1.48. The Morgan fingerprint density at radius 1 is 1.24 bits per heavy atom. The lowest BCUT2D eigenvalue weighted by molar-refractivity contribution is -0.282. The van der Waals surface area contributed by atoms with Crippen LogP contribution in [0.5, 0.6) is 11.5 Å². The first kappa shape index (κ1) is 17.6. The molecule has 3 rings (SSSR count). The quantitative estimate of drug-likeness (QED) is 0.565. The fourth-order valence-electron chi connectivity index (χ4n) is 3.24. The number of fused-ring (bicyclic) bond motifs is 1. The zero-order chi connectivity index (χ0) is 17.8. The van der Waals surface area contributed by atoms with Crippen LogP contribution in [0.2, 0.25) is 0 Å². The first-order valence-electron chi connectivity index (χ1n) is 8.41. The van der Waals surface area contributed by atoms with Gasteiger partial charge in [0.1, 0.15) is 23.9 Å². The van der Waals surface area contributed by atoms with Crippen molar-refractivity contribution < 1.29 is 24.0 Å². The molecule has 1 aliphatic carbocycles. The molecule has 0 spiro atoms. The predicted molar refractivity (Wildman–Crippen MR) is 92.5 cm³/mol. The molecule has 1 saturated carbocycles. The van der Waals surface area contributed by atoms with E-state index in [2.05, 4.69) is 9.87 Å². The van der Waals surface area contributed by atoms with Crippen LogP contribution in [-0.2, 0) is 21.2 Å². The van der Waals surface area contributed by atoms with E-state index in [0.29, 0.717) is 5.69 Å². The predicted octanol–water partition coefficient (Wildman–Crippen LogP) is 3.46. The molecule has 2 atom stereocenters. The monoisotopic (exact) mass is 345 g/mol. The van der Waals surface area contributed by atoms with E-state index in [1.807, 2.05) is 24.3 Å². The molecule has 0 amide bonds. The maximum atomic E-state index is 11.6. The van der Waals surface area contributed by atoms with Crippen LogP contribution in [0.15, 0.2) is 24.3 Å². The Balaban J connectivity index is 1.90. The number of carbonyl (C=O) groups is 1. The number of pyridine rings is 1. The van der Waals surface area contributed by atoms with E-state index < -0.39 is 0 Å². The van der Waals surface area contributed by atoms with Gasteiger partial charge >= 0.3 is 0 Å². The number of methoxy groups -OCH3 is 1. The highest BCUT2D eigenvalue weighted by Gasteiger charge is 2.29. The van der Waals surface area contributed by atoms with Crippen LogP contribution in [0, 0.1) is 5.92 Å². The van der Waals surface area contributed by atoms with Gasteiger partial charge in [-0.1, -0.05) is 0 Å². The third-order valence-corrected chi connectivity index (χ3v) is 4.61. The topological polar surface area (TPSA) is 66.9 Å². The number of aromatic nitrogens is 1. The maximum Gasteiger partial charge on any atom is 0.133 e. The summed E-state index contributed by atoms with van der Waals surface area (Å²) in [6, 6.07) is 7.56. The third-order valence-electron chi connectivity index (χ3n) is 4.61. The van der Waals surface area contributed by atoms with E-state index in [9.17, 15) is 4.79 Å². The number of Topliss-reactive ketones (excluding diaryl/α,β-unsaturated/α-hetero) is 1. The van der Waals surface area contributed by atoms with Crippen molar-refractivity contribution in [3.05, 3.63) is 30.0 Å². The summed E-state index contributed by atoms with van der Waals surface area (Å²) < 4.78 is 11.5. The fraction of sp³-hybridized carbons (Fsp3) is 0.474. The van der Waals surface area contributed by atoms with Gasteiger partial charge in [-0.2, -0.15) is 0 Å². The van der Waals surface area contributed by atoms with Crippen molar-refractivity contribution in [2.24, 2.45) is 5.92 Å². The highest BCUT2D eigenvalue weighted by Crippen LogP contribution is 2.34. The molecule has 1 aromatic heterocycles. The van der Waals surface area contributed by atoms with Crippen molar-refractivity contribution in [1.82, 2.24) is 4.98 Å². The summed E-state index contributed by atoms with van der Waals surface area (Å²) in [4.78, 5) is 25.8. The van der Waals surface area contributed by atoms with Gasteiger partial charge in [-0.3, -0.25) is 4.79 Å². The van der Waals surface area contributed by atoms with E-state index in [1.165, 1.54) is 7.11 Å². The summed E-state index contributed by atoms with van der Waals surface area (Å²) in [6.45, 7) is 1.88. The van der Waals surface area contributed by atoms with E-state index >= 15 is 0 Å².